The normalized spacial score (nSPS) is 27.6. The highest BCUT2D eigenvalue weighted by Gasteiger charge is 2.70. The second-order valence-electron chi connectivity index (χ2n) is 9.67. The van der Waals surface area contributed by atoms with Crippen LogP contribution in [0, 0.1) is 5.92 Å². The first-order valence-corrected chi connectivity index (χ1v) is 14.1. The maximum absolute atomic E-state index is 14.6. The molecule has 1 saturated carbocycles. The minimum Gasteiger partial charge on any atom is -0.507 e. The number of aliphatic hydroxyl groups excluding tert-OH is 1. The largest absolute Gasteiger partial charge is 0.507 e. The zero-order valence-electron chi connectivity index (χ0n) is 20.5. The Hall–Kier alpha value is -2.58. The number of hydrogen-bond donors (Lipinski definition) is 1. The number of ketones is 1. The van der Waals surface area contributed by atoms with Crippen LogP contribution in [0.5, 0.6) is 11.5 Å². The van der Waals surface area contributed by atoms with E-state index in [-0.39, 0.29) is 11.5 Å². The van der Waals surface area contributed by atoms with Gasteiger partial charge in [-0.05, 0) is 53.5 Å². The highest BCUT2D eigenvalue weighted by Crippen LogP contribution is 2.69. The van der Waals surface area contributed by atoms with Crippen molar-refractivity contribution < 1.29 is 28.9 Å². The van der Waals surface area contributed by atoms with Crippen LogP contribution in [-0.4, -0.2) is 48.7 Å². The van der Waals surface area contributed by atoms with E-state index < -0.39 is 27.5 Å². The second kappa shape index (κ2) is 8.48. The number of thioether (sulfide) groups is 2. The van der Waals surface area contributed by atoms with Crippen molar-refractivity contribution in [1.29, 1.82) is 0 Å². The van der Waals surface area contributed by atoms with Gasteiger partial charge in [0.1, 0.15) is 11.9 Å². The standard InChI is InChI=1S/C28H28O6S2/c1-15(29)34-26-22-21(25(31)27(26)12-11-16-7-4-5-8-17(16)27)23(30)20-18(28(22)35-13-6-14-36-28)9-10-19(32-2)24(20)33-3/h4-5,7-10,22,26,30H,6,11-14H2,1-3H3/t22-,26+,27?/m0/s1. The Bertz CT molecular complexity index is 1310. The molecule has 0 bridgehead atoms. The summed E-state index contributed by atoms with van der Waals surface area (Å²) in [5, 5.41) is 11.9. The molecule has 8 heteroatoms. The van der Waals surface area contributed by atoms with Crippen molar-refractivity contribution >= 4 is 41.0 Å². The summed E-state index contributed by atoms with van der Waals surface area (Å²) in [5.41, 5.74) is 2.71. The third-order valence-corrected chi connectivity index (χ3v) is 11.6. The summed E-state index contributed by atoms with van der Waals surface area (Å²) >= 11 is 3.55. The molecular weight excluding hydrogens is 496 g/mol. The highest BCUT2D eigenvalue weighted by molar-refractivity contribution is 8.18. The fourth-order valence-corrected chi connectivity index (χ4v) is 10.4. The minimum atomic E-state index is -1.03. The number of aryl methyl sites for hydroxylation is 1. The Morgan fingerprint density at radius 2 is 1.81 bits per heavy atom. The van der Waals surface area contributed by atoms with E-state index in [1.54, 1.807) is 37.7 Å². The zero-order chi connectivity index (χ0) is 25.2. The topological polar surface area (TPSA) is 82.1 Å². The molecule has 6 nitrogen and oxygen atoms in total. The molecule has 1 heterocycles. The van der Waals surface area contributed by atoms with Crippen molar-refractivity contribution in [3.05, 3.63) is 64.2 Å². The second-order valence-corrected chi connectivity index (χ2v) is 12.6. The number of carbonyl (C=O) groups excluding carboxylic acids is 2. The molecule has 0 aromatic heterocycles. The molecule has 0 radical (unpaired) electrons. The van der Waals surface area contributed by atoms with Gasteiger partial charge in [0.2, 0.25) is 0 Å². The number of ether oxygens (including phenoxy) is 3. The summed E-state index contributed by atoms with van der Waals surface area (Å²) in [6.45, 7) is 1.40. The van der Waals surface area contributed by atoms with Crippen molar-refractivity contribution in [3.63, 3.8) is 0 Å². The molecule has 3 atom stereocenters. The van der Waals surface area contributed by atoms with Gasteiger partial charge < -0.3 is 19.3 Å². The van der Waals surface area contributed by atoms with Crippen molar-refractivity contribution in [2.24, 2.45) is 5.92 Å². The number of methoxy groups -OCH3 is 2. The van der Waals surface area contributed by atoms with Gasteiger partial charge in [-0.1, -0.05) is 30.3 Å². The molecular formula is C28H28O6S2. The highest BCUT2D eigenvalue weighted by atomic mass is 32.2. The summed E-state index contributed by atoms with van der Waals surface area (Å²) < 4.78 is 16.8. The number of fused-ring (bicyclic) bond motifs is 6. The molecule has 0 amide bonds. The molecule has 2 spiro atoms. The number of aliphatic hydroxyl groups is 1. The van der Waals surface area contributed by atoms with Gasteiger partial charge in [0.05, 0.1) is 35.2 Å². The quantitative estimate of drug-likeness (QED) is 0.561. The van der Waals surface area contributed by atoms with Crippen molar-refractivity contribution in [2.75, 3.05) is 25.7 Å². The first-order chi connectivity index (χ1) is 17.4. The Kier molecular flexibility index (Phi) is 5.61. The maximum atomic E-state index is 14.6. The lowest BCUT2D eigenvalue weighted by Crippen LogP contribution is -2.48. The first kappa shape index (κ1) is 23.8. The van der Waals surface area contributed by atoms with E-state index in [1.807, 2.05) is 36.4 Å². The Morgan fingerprint density at radius 1 is 1.06 bits per heavy atom. The molecule has 1 saturated heterocycles. The fraction of sp³-hybridized carbons (Fsp3) is 0.429. The molecule has 3 aliphatic carbocycles. The summed E-state index contributed by atoms with van der Waals surface area (Å²) in [6, 6.07) is 11.8. The number of hydrogen-bond acceptors (Lipinski definition) is 8. The van der Waals surface area contributed by atoms with Gasteiger partial charge in [-0.25, -0.2) is 0 Å². The van der Waals surface area contributed by atoms with Crippen LogP contribution in [0.1, 0.15) is 42.0 Å². The van der Waals surface area contributed by atoms with Gasteiger partial charge in [0, 0.05) is 12.5 Å². The number of rotatable bonds is 3. The monoisotopic (exact) mass is 524 g/mol. The van der Waals surface area contributed by atoms with Crippen LogP contribution in [0.15, 0.2) is 42.0 Å². The Morgan fingerprint density at radius 3 is 2.50 bits per heavy atom. The molecule has 1 N–H and O–H groups in total. The van der Waals surface area contributed by atoms with Crippen LogP contribution in [-0.2, 0) is 30.2 Å². The van der Waals surface area contributed by atoms with E-state index in [4.69, 9.17) is 14.2 Å². The van der Waals surface area contributed by atoms with Gasteiger partial charge in [-0.15, -0.1) is 23.5 Å². The van der Waals surface area contributed by atoms with E-state index in [0.717, 1.165) is 41.0 Å². The van der Waals surface area contributed by atoms with Crippen LogP contribution in [0.25, 0.3) is 5.76 Å². The van der Waals surface area contributed by atoms with E-state index in [2.05, 4.69) is 0 Å². The molecule has 1 unspecified atom stereocenters. The van der Waals surface area contributed by atoms with E-state index in [1.165, 1.54) is 6.92 Å². The third-order valence-electron chi connectivity index (χ3n) is 8.07. The van der Waals surface area contributed by atoms with Gasteiger partial charge in [-0.2, -0.15) is 0 Å². The van der Waals surface area contributed by atoms with Gasteiger partial charge in [0.25, 0.3) is 0 Å². The van der Waals surface area contributed by atoms with Crippen LogP contribution >= 0.6 is 23.5 Å². The zero-order valence-corrected chi connectivity index (χ0v) is 22.1. The number of benzene rings is 2. The predicted molar refractivity (Wildman–Crippen MR) is 141 cm³/mol. The van der Waals surface area contributed by atoms with Gasteiger partial charge in [-0.3, -0.25) is 9.59 Å². The van der Waals surface area contributed by atoms with Gasteiger partial charge in [0.15, 0.2) is 17.3 Å². The molecule has 2 fully saturated rings. The van der Waals surface area contributed by atoms with E-state index in [9.17, 15) is 14.7 Å². The number of Topliss-reactive ketones (excluding diaryl/α,β-unsaturated/α-hetero) is 1. The molecule has 188 valence electrons. The van der Waals surface area contributed by atoms with Crippen molar-refractivity contribution in [2.45, 2.75) is 41.8 Å². The number of esters is 1. The Labute approximate surface area is 218 Å². The fourth-order valence-electron chi connectivity index (χ4n) is 6.75. The average molecular weight is 525 g/mol. The lowest BCUT2D eigenvalue weighted by atomic mass is 9.75. The van der Waals surface area contributed by atoms with Crippen LogP contribution < -0.4 is 9.47 Å². The lowest BCUT2D eigenvalue weighted by Gasteiger charge is -2.47. The summed E-state index contributed by atoms with van der Waals surface area (Å²) in [7, 11) is 3.10. The summed E-state index contributed by atoms with van der Waals surface area (Å²) in [4.78, 5) is 27.2. The van der Waals surface area contributed by atoms with E-state index >= 15 is 0 Å². The van der Waals surface area contributed by atoms with Gasteiger partial charge >= 0.3 is 5.97 Å². The SMILES string of the molecule is COc1ccc2c(c1OC)C(O)=C1C(=O)C3(CCc4ccccc43)[C@H](OC(C)=O)[C@H]1C21SCCCS1. The van der Waals surface area contributed by atoms with Crippen LogP contribution in [0.4, 0.5) is 0 Å². The van der Waals surface area contributed by atoms with Crippen molar-refractivity contribution in [3.8, 4) is 11.5 Å². The molecule has 2 aromatic carbocycles. The Balaban J connectivity index is 1.69. The minimum absolute atomic E-state index is 0.0912. The van der Waals surface area contributed by atoms with Crippen molar-refractivity contribution in [1.82, 2.24) is 0 Å². The smallest absolute Gasteiger partial charge is 0.302 e. The molecule has 4 aliphatic rings. The van der Waals surface area contributed by atoms with E-state index in [0.29, 0.717) is 29.1 Å². The number of carbonyl (C=O) groups is 2. The molecule has 2 aromatic rings. The molecule has 1 aliphatic heterocycles. The summed E-state index contributed by atoms with van der Waals surface area (Å²) in [6.07, 6.45) is 1.58. The predicted octanol–water partition coefficient (Wildman–Crippen LogP) is 5.02. The third kappa shape index (κ3) is 2.94. The maximum Gasteiger partial charge on any atom is 0.302 e. The van der Waals surface area contributed by atoms with Crippen LogP contribution in [0.2, 0.25) is 0 Å². The lowest BCUT2D eigenvalue weighted by molar-refractivity contribution is -0.152. The summed E-state index contributed by atoms with van der Waals surface area (Å²) in [5.74, 6) is 1.54. The molecule has 36 heavy (non-hydrogen) atoms. The van der Waals surface area contributed by atoms with Crippen LogP contribution in [0.3, 0.4) is 0 Å². The molecule has 6 rings (SSSR count). The first-order valence-electron chi connectivity index (χ1n) is 12.2. The average Bonchev–Trinajstić information content (AvgIpc) is 3.40.